The molecule has 0 saturated heterocycles. The number of nitrogen functional groups attached to an aromatic ring is 1. The van der Waals surface area contributed by atoms with E-state index < -0.39 is 5.91 Å². The van der Waals surface area contributed by atoms with E-state index in [1.54, 1.807) is 7.11 Å². The number of carbonyl (C=O) groups is 1. The number of furan rings is 1. The second-order valence-electron chi connectivity index (χ2n) is 4.61. The molecule has 0 aliphatic carbocycles. The minimum absolute atomic E-state index is 0.262. The van der Waals surface area contributed by atoms with Gasteiger partial charge in [0.15, 0.2) is 5.76 Å². The van der Waals surface area contributed by atoms with Crippen LogP contribution in [0.2, 0.25) is 0 Å². The SMILES string of the molecule is COCCN(C)Cc1c(C(=O)NN)oc2ccccc12. The highest BCUT2D eigenvalue weighted by molar-refractivity contribution is 5.98. The van der Waals surface area contributed by atoms with E-state index in [0.29, 0.717) is 18.7 Å². The molecule has 0 saturated carbocycles. The molecule has 0 aliphatic rings. The summed E-state index contributed by atoms with van der Waals surface area (Å²) in [4.78, 5) is 13.9. The molecule has 0 aliphatic heterocycles. The van der Waals surface area contributed by atoms with Gasteiger partial charge in [0.2, 0.25) is 0 Å². The topological polar surface area (TPSA) is 80.7 Å². The number of rotatable bonds is 6. The fraction of sp³-hybridized carbons (Fsp3) is 0.357. The van der Waals surface area contributed by atoms with E-state index in [4.69, 9.17) is 15.0 Å². The Morgan fingerprint density at radius 3 is 2.90 bits per heavy atom. The van der Waals surface area contributed by atoms with E-state index in [2.05, 4.69) is 10.3 Å². The minimum Gasteiger partial charge on any atom is -0.451 e. The summed E-state index contributed by atoms with van der Waals surface area (Å²) in [7, 11) is 3.62. The Hall–Kier alpha value is -1.89. The average molecular weight is 277 g/mol. The van der Waals surface area contributed by atoms with E-state index >= 15 is 0 Å². The molecule has 0 spiro atoms. The van der Waals surface area contributed by atoms with E-state index in [1.807, 2.05) is 31.3 Å². The lowest BCUT2D eigenvalue weighted by molar-refractivity contribution is 0.0925. The number of hydrogen-bond donors (Lipinski definition) is 2. The molecule has 1 amide bonds. The number of nitrogens with zero attached hydrogens (tertiary/aromatic N) is 1. The van der Waals surface area contributed by atoms with Crippen LogP contribution in [0.4, 0.5) is 0 Å². The van der Waals surface area contributed by atoms with Crippen molar-refractivity contribution in [2.24, 2.45) is 5.84 Å². The lowest BCUT2D eigenvalue weighted by Gasteiger charge is -2.15. The third-order valence-electron chi connectivity index (χ3n) is 3.14. The number of amides is 1. The molecule has 2 aromatic rings. The van der Waals surface area contributed by atoms with Crippen LogP contribution in [0, 0.1) is 0 Å². The van der Waals surface area contributed by atoms with Crippen molar-refractivity contribution in [2.75, 3.05) is 27.3 Å². The molecule has 1 aromatic heterocycles. The van der Waals surface area contributed by atoms with E-state index in [9.17, 15) is 4.79 Å². The third-order valence-corrected chi connectivity index (χ3v) is 3.14. The maximum Gasteiger partial charge on any atom is 0.301 e. The number of ether oxygens (including phenoxy) is 1. The number of fused-ring (bicyclic) bond motifs is 1. The second-order valence-corrected chi connectivity index (χ2v) is 4.61. The molecule has 0 unspecified atom stereocenters. The maximum atomic E-state index is 11.8. The van der Waals surface area contributed by atoms with Gasteiger partial charge in [0.25, 0.3) is 0 Å². The fourth-order valence-corrected chi connectivity index (χ4v) is 2.10. The molecule has 20 heavy (non-hydrogen) atoms. The van der Waals surface area contributed by atoms with Gasteiger partial charge in [0, 0.05) is 31.1 Å². The lowest BCUT2D eigenvalue weighted by atomic mass is 10.1. The first-order valence-corrected chi connectivity index (χ1v) is 6.36. The lowest BCUT2D eigenvalue weighted by Crippen LogP contribution is -2.31. The van der Waals surface area contributed by atoms with Crippen LogP contribution in [0.5, 0.6) is 0 Å². The smallest absolute Gasteiger partial charge is 0.301 e. The molecular formula is C14H19N3O3. The largest absolute Gasteiger partial charge is 0.451 e. The summed E-state index contributed by atoms with van der Waals surface area (Å²) in [5.41, 5.74) is 3.64. The van der Waals surface area contributed by atoms with Crippen LogP contribution in [0.25, 0.3) is 11.0 Å². The van der Waals surface area contributed by atoms with Crippen molar-refractivity contribution in [2.45, 2.75) is 6.54 Å². The first-order chi connectivity index (χ1) is 9.67. The number of hydrogen-bond acceptors (Lipinski definition) is 5. The Balaban J connectivity index is 2.35. The highest BCUT2D eigenvalue weighted by Gasteiger charge is 2.20. The van der Waals surface area contributed by atoms with Gasteiger partial charge in [-0.3, -0.25) is 15.1 Å². The van der Waals surface area contributed by atoms with E-state index in [1.165, 1.54) is 0 Å². The number of para-hydroxylation sites is 1. The Morgan fingerprint density at radius 1 is 1.45 bits per heavy atom. The summed E-state index contributed by atoms with van der Waals surface area (Å²) in [6.07, 6.45) is 0. The molecule has 3 N–H and O–H groups in total. The maximum absolute atomic E-state index is 11.8. The van der Waals surface area contributed by atoms with Gasteiger partial charge in [-0.25, -0.2) is 5.84 Å². The fourth-order valence-electron chi connectivity index (χ4n) is 2.10. The van der Waals surface area contributed by atoms with Gasteiger partial charge in [-0.2, -0.15) is 0 Å². The monoisotopic (exact) mass is 277 g/mol. The van der Waals surface area contributed by atoms with Crippen molar-refractivity contribution in [3.63, 3.8) is 0 Å². The van der Waals surface area contributed by atoms with Crippen LogP contribution < -0.4 is 11.3 Å². The summed E-state index contributed by atoms with van der Waals surface area (Å²) in [5, 5.41) is 0.926. The zero-order valence-electron chi connectivity index (χ0n) is 11.7. The molecule has 1 heterocycles. The predicted octanol–water partition coefficient (Wildman–Crippen LogP) is 1.11. The molecular weight excluding hydrogens is 258 g/mol. The van der Waals surface area contributed by atoms with Crippen molar-refractivity contribution in [3.8, 4) is 0 Å². The normalized spacial score (nSPS) is 11.2. The molecule has 0 bridgehead atoms. The number of carbonyl (C=O) groups excluding carboxylic acids is 1. The van der Waals surface area contributed by atoms with Crippen molar-refractivity contribution < 1.29 is 13.9 Å². The summed E-state index contributed by atoms with van der Waals surface area (Å²) in [6.45, 7) is 1.98. The highest BCUT2D eigenvalue weighted by Crippen LogP contribution is 2.26. The molecule has 0 radical (unpaired) electrons. The molecule has 0 fully saturated rings. The highest BCUT2D eigenvalue weighted by atomic mass is 16.5. The van der Waals surface area contributed by atoms with Gasteiger partial charge in [-0.1, -0.05) is 18.2 Å². The Kier molecular flexibility index (Phi) is 4.73. The molecule has 0 atom stereocenters. The summed E-state index contributed by atoms with van der Waals surface area (Å²) >= 11 is 0. The molecule has 6 heteroatoms. The summed E-state index contributed by atoms with van der Waals surface area (Å²) in [6, 6.07) is 7.56. The van der Waals surface area contributed by atoms with Crippen molar-refractivity contribution in [3.05, 3.63) is 35.6 Å². The zero-order chi connectivity index (χ0) is 14.5. The quantitative estimate of drug-likeness (QED) is 0.470. The predicted molar refractivity (Wildman–Crippen MR) is 76.1 cm³/mol. The number of methoxy groups -OCH3 is 1. The van der Waals surface area contributed by atoms with Crippen LogP contribution in [0.1, 0.15) is 16.1 Å². The standard InChI is InChI=1S/C14H19N3O3/c1-17(7-8-19-2)9-11-10-5-3-4-6-12(10)20-13(11)14(18)16-15/h3-6H,7-9,15H2,1-2H3,(H,16,18). The first-order valence-electron chi connectivity index (χ1n) is 6.36. The van der Waals surface area contributed by atoms with Crippen LogP contribution in [-0.2, 0) is 11.3 Å². The van der Waals surface area contributed by atoms with Crippen LogP contribution in [-0.4, -0.2) is 38.1 Å². The Morgan fingerprint density at radius 2 is 2.20 bits per heavy atom. The van der Waals surface area contributed by atoms with Crippen molar-refractivity contribution >= 4 is 16.9 Å². The second kappa shape index (κ2) is 6.51. The number of hydrazine groups is 1. The summed E-state index contributed by atoms with van der Waals surface area (Å²) in [5.74, 6) is 5.05. The van der Waals surface area contributed by atoms with Gasteiger partial charge >= 0.3 is 5.91 Å². The molecule has 2 rings (SSSR count). The molecule has 1 aromatic carbocycles. The number of nitrogens with one attached hydrogen (secondary N) is 1. The van der Waals surface area contributed by atoms with Gasteiger partial charge < -0.3 is 9.15 Å². The Labute approximate surface area is 117 Å². The van der Waals surface area contributed by atoms with Gasteiger partial charge in [0.1, 0.15) is 5.58 Å². The Bertz CT molecular complexity index is 594. The zero-order valence-corrected chi connectivity index (χ0v) is 11.7. The van der Waals surface area contributed by atoms with Crippen LogP contribution >= 0.6 is 0 Å². The number of likely N-dealkylation sites (N-methyl/N-ethyl adjacent to an activating group) is 1. The first kappa shape index (κ1) is 14.5. The average Bonchev–Trinajstić information content (AvgIpc) is 2.83. The van der Waals surface area contributed by atoms with Gasteiger partial charge in [-0.15, -0.1) is 0 Å². The summed E-state index contributed by atoms with van der Waals surface area (Å²) < 4.78 is 10.7. The third kappa shape index (κ3) is 2.98. The molecule has 108 valence electrons. The molecule has 6 nitrogen and oxygen atoms in total. The van der Waals surface area contributed by atoms with Crippen LogP contribution in [0.3, 0.4) is 0 Å². The minimum atomic E-state index is -0.420. The van der Waals surface area contributed by atoms with Crippen molar-refractivity contribution in [1.82, 2.24) is 10.3 Å². The van der Waals surface area contributed by atoms with Crippen LogP contribution in [0.15, 0.2) is 28.7 Å². The van der Waals surface area contributed by atoms with Gasteiger partial charge in [0.05, 0.1) is 6.61 Å². The van der Waals surface area contributed by atoms with Crippen molar-refractivity contribution in [1.29, 1.82) is 0 Å². The number of benzene rings is 1. The number of nitrogens with two attached hydrogens (primary N) is 1. The van der Waals surface area contributed by atoms with E-state index in [-0.39, 0.29) is 5.76 Å². The van der Waals surface area contributed by atoms with Gasteiger partial charge in [-0.05, 0) is 13.1 Å². The van der Waals surface area contributed by atoms with E-state index in [0.717, 1.165) is 17.5 Å².